The SMILES string of the molecule is CC1CCC(N=C(N)c2ccccc2)CC1C. The molecule has 1 aliphatic rings. The predicted molar refractivity (Wildman–Crippen MR) is 73.1 cm³/mol. The van der Waals surface area contributed by atoms with Crippen LogP contribution in [0.25, 0.3) is 0 Å². The maximum absolute atomic E-state index is 6.06. The molecule has 92 valence electrons. The van der Waals surface area contributed by atoms with E-state index in [4.69, 9.17) is 5.73 Å². The Balaban J connectivity index is 2.05. The summed E-state index contributed by atoms with van der Waals surface area (Å²) >= 11 is 0. The van der Waals surface area contributed by atoms with Gasteiger partial charge in [-0.2, -0.15) is 0 Å². The van der Waals surface area contributed by atoms with Gasteiger partial charge in [0, 0.05) is 5.56 Å². The van der Waals surface area contributed by atoms with Gasteiger partial charge in [0.15, 0.2) is 0 Å². The van der Waals surface area contributed by atoms with Crippen LogP contribution in [0.2, 0.25) is 0 Å². The lowest BCUT2D eigenvalue weighted by Crippen LogP contribution is -2.26. The summed E-state index contributed by atoms with van der Waals surface area (Å²) in [5.74, 6) is 2.29. The fourth-order valence-corrected chi connectivity index (χ4v) is 2.52. The highest BCUT2D eigenvalue weighted by molar-refractivity contribution is 5.97. The van der Waals surface area contributed by atoms with Gasteiger partial charge in [0.25, 0.3) is 0 Å². The summed E-state index contributed by atoms with van der Waals surface area (Å²) < 4.78 is 0. The van der Waals surface area contributed by atoms with Crippen molar-refractivity contribution in [2.24, 2.45) is 22.6 Å². The number of nitrogens with zero attached hydrogens (tertiary/aromatic N) is 1. The van der Waals surface area contributed by atoms with E-state index < -0.39 is 0 Å². The molecule has 1 saturated carbocycles. The fraction of sp³-hybridized carbons (Fsp3) is 0.533. The first-order valence-electron chi connectivity index (χ1n) is 6.55. The van der Waals surface area contributed by atoms with Crippen molar-refractivity contribution in [3.05, 3.63) is 35.9 Å². The summed E-state index contributed by atoms with van der Waals surface area (Å²) in [5.41, 5.74) is 7.10. The van der Waals surface area contributed by atoms with E-state index in [-0.39, 0.29) is 0 Å². The molecule has 0 heterocycles. The van der Waals surface area contributed by atoms with Crippen LogP contribution in [0.5, 0.6) is 0 Å². The first-order valence-corrected chi connectivity index (χ1v) is 6.55. The zero-order chi connectivity index (χ0) is 12.3. The van der Waals surface area contributed by atoms with Gasteiger partial charge in [-0.3, -0.25) is 4.99 Å². The molecule has 0 radical (unpaired) electrons. The van der Waals surface area contributed by atoms with Crippen LogP contribution < -0.4 is 5.73 Å². The molecule has 0 saturated heterocycles. The molecule has 0 aromatic heterocycles. The summed E-state index contributed by atoms with van der Waals surface area (Å²) in [5, 5.41) is 0. The van der Waals surface area contributed by atoms with Crippen molar-refractivity contribution >= 4 is 5.84 Å². The Hall–Kier alpha value is -1.31. The normalized spacial score (nSPS) is 30.2. The second-order valence-corrected chi connectivity index (χ2v) is 5.30. The second-order valence-electron chi connectivity index (χ2n) is 5.30. The lowest BCUT2D eigenvalue weighted by atomic mass is 9.79. The van der Waals surface area contributed by atoms with Gasteiger partial charge in [-0.25, -0.2) is 0 Å². The summed E-state index contributed by atoms with van der Waals surface area (Å²) in [6.45, 7) is 4.66. The summed E-state index contributed by atoms with van der Waals surface area (Å²) in [7, 11) is 0. The van der Waals surface area contributed by atoms with Crippen molar-refractivity contribution < 1.29 is 0 Å². The molecule has 2 nitrogen and oxygen atoms in total. The number of benzene rings is 1. The lowest BCUT2D eigenvalue weighted by Gasteiger charge is -2.30. The molecule has 1 aliphatic carbocycles. The second kappa shape index (κ2) is 5.35. The molecule has 3 unspecified atom stereocenters. The van der Waals surface area contributed by atoms with E-state index in [0.717, 1.165) is 17.4 Å². The molecule has 1 aromatic rings. The van der Waals surface area contributed by atoms with Crippen molar-refractivity contribution in [2.75, 3.05) is 0 Å². The summed E-state index contributed by atoms with van der Waals surface area (Å²) in [4.78, 5) is 4.69. The highest BCUT2D eigenvalue weighted by Crippen LogP contribution is 2.31. The Morgan fingerprint density at radius 2 is 1.82 bits per heavy atom. The summed E-state index contributed by atoms with van der Waals surface area (Å²) in [6.07, 6.45) is 3.63. The van der Waals surface area contributed by atoms with E-state index in [1.807, 2.05) is 30.3 Å². The smallest absolute Gasteiger partial charge is 0.125 e. The average Bonchev–Trinajstić information content (AvgIpc) is 2.35. The third kappa shape index (κ3) is 3.09. The molecule has 1 aromatic carbocycles. The van der Waals surface area contributed by atoms with Crippen LogP contribution >= 0.6 is 0 Å². The van der Waals surface area contributed by atoms with E-state index in [9.17, 15) is 0 Å². The van der Waals surface area contributed by atoms with Gasteiger partial charge in [0.05, 0.1) is 6.04 Å². The quantitative estimate of drug-likeness (QED) is 0.615. The first-order chi connectivity index (χ1) is 8.16. The van der Waals surface area contributed by atoms with Gasteiger partial charge < -0.3 is 5.73 Å². The Morgan fingerprint density at radius 1 is 1.12 bits per heavy atom. The van der Waals surface area contributed by atoms with Crippen LogP contribution in [0.1, 0.15) is 38.7 Å². The molecule has 2 rings (SSSR count). The largest absolute Gasteiger partial charge is 0.383 e. The minimum atomic E-state index is 0.418. The van der Waals surface area contributed by atoms with E-state index in [1.165, 1.54) is 19.3 Å². The number of nitrogens with two attached hydrogens (primary N) is 1. The van der Waals surface area contributed by atoms with E-state index in [0.29, 0.717) is 11.9 Å². The van der Waals surface area contributed by atoms with Crippen molar-refractivity contribution in [1.29, 1.82) is 0 Å². The molecule has 3 atom stereocenters. The van der Waals surface area contributed by atoms with Crippen LogP contribution in [-0.4, -0.2) is 11.9 Å². The van der Waals surface area contributed by atoms with Crippen LogP contribution in [0.15, 0.2) is 35.3 Å². The van der Waals surface area contributed by atoms with Crippen molar-refractivity contribution in [1.82, 2.24) is 0 Å². The Bertz CT molecular complexity index is 383. The number of aliphatic imine (C=N–C) groups is 1. The minimum Gasteiger partial charge on any atom is -0.383 e. The van der Waals surface area contributed by atoms with Crippen LogP contribution in [0.3, 0.4) is 0 Å². The van der Waals surface area contributed by atoms with Gasteiger partial charge in [0.2, 0.25) is 0 Å². The number of rotatable bonds is 2. The molecule has 0 bridgehead atoms. The molecule has 0 spiro atoms. The lowest BCUT2D eigenvalue weighted by molar-refractivity contribution is 0.252. The van der Waals surface area contributed by atoms with Crippen molar-refractivity contribution in [2.45, 2.75) is 39.2 Å². The molecule has 1 fully saturated rings. The molecule has 0 amide bonds. The molecule has 2 N–H and O–H groups in total. The van der Waals surface area contributed by atoms with Gasteiger partial charge in [-0.15, -0.1) is 0 Å². The Labute approximate surface area is 104 Å². The van der Waals surface area contributed by atoms with Crippen LogP contribution in [-0.2, 0) is 0 Å². The maximum Gasteiger partial charge on any atom is 0.125 e. The van der Waals surface area contributed by atoms with Crippen molar-refractivity contribution in [3.63, 3.8) is 0 Å². The van der Waals surface area contributed by atoms with Crippen molar-refractivity contribution in [3.8, 4) is 0 Å². The number of hydrogen-bond donors (Lipinski definition) is 1. The van der Waals surface area contributed by atoms with Crippen LogP contribution in [0, 0.1) is 11.8 Å². The third-order valence-electron chi connectivity index (χ3n) is 3.96. The molecular weight excluding hydrogens is 208 g/mol. The monoisotopic (exact) mass is 230 g/mol. The van der Waals surface area contributed by atoms with Gasteiger partial charge in [0.1, 0.15) is 5.84 Å². The summed E-state index contributed by atoms with van der Waals surface area (Å²) in [6, 6.07) is 10.5. The number of amidine groups is 1. The third-order valence-corrected chi connectivity index (χ3v) is 3.96. The molecular formula is C15H22N2. The predicted octanol–water partition coefficient (Wildman–Crippen LogP) is 3.22. The fourth-order valence-electron chi connectivity index (χ4n) is 2.52. The zero-order valence-corrected chi connectivity index (χ0v) is 10.8. The molecule has 0 aliphatic heterocycles. The standard InChI is InChI=1S/C15H22N2/c1-11-8-9-14(10-12(11)2)17-15(16)13-6-4-3-5-7-13/h3-7,11-12,14H,8-10H2,1-2H3,(H2,16,17). The van der Waals surface area contributed by atoms with Gasteiger partial charge in [-0.1, -0.05) is 44.2 Å². The maximum atomic E-state index is 6.06. The Morgan fingerprint density at radius 3 is 2.47 bits per heavy atom. The average molecular weight is 230 g/mol. The van der Waals surface area contributed by atoms with Gasteiger partial charge in [-0.05, 0) is 31.1 Å². The molecule has 17 heavy (non-hydrogen) atoms. The van der Waals surface area contributed by atoms with Crippen LogP contribution in [0.4, 0.5) is 0 Å². The van der Waals surface area contributed by atoms with Gasteiger partial charge >= 0.3 is 0 Å². The number of hydrogen-bond acceptors (Lipinski definition) is 1. The zero-order valence-electron chi connectivity index (χ0n) is 10.8. The van der Waals surface area contributed by atoms with E-state index >= 15 is 0 Å². The topological polar surface area (TPSA) is 38.4 Å². The minimum absolute atomic E-state index is 0.418. The highest BCUT2D eigenvalue weighted by Gasteiger charge is 2.24. The van der Waals surface area contributed by atoms with E-state index in [2.05, 4.69) is 18.8 Å². The Kier molecular flexibility index (Phi) is 3.82. The first kappa shape index (κ1) is 12.2. The molecule has 2 heteroatoms. The highest BCUT2D eigenvalue weighted by atomic mass is 14.9. The van der Waals surface area contributed by atoms with E-state index in [1.54, 1.807) is 0 Å².